The third-order valence-electron chi connectivity index (χ3n) is 4.28. The van der Waals surface area contributed by atoms with Crippen molar-refractivity contribution in [3.05, 3.63) is 45.3 Å². The van der Waals surface area contributed by atoms with Gasteiger partial charge in [0, 0.05) is 0 Å². The summed E-state index contributed by atoms with van der Waals surface area (Å²) in [6.45, 7) is 0. The van der Waals surface area contributed by atoms with Crippen LogP contribution in [0.3, 0.4) is 0 Å². The Hall–Kier alpha value is -0.457. The van der Waals surface area contributed by atoms with E-state index in [0.29, 0.717) is 0 Å². The van der Waals surface area contributed by atoms with E-state index in [2.05, 4.69) is 118 Å². The van der Waals surface area contributed by atoms with Crippen LogP contribution in [0.4, 0.5) is 11.4 Å². The van der Waals surface area contributed by atoms with Gasteiger partial charge in [-0.3, -0.25) is 0 Å². The van der Waals surface area contributed by atoms with Crippen molar-refractivity contribution in [1.29, 1.82) is 0 Å². The van der Waals surface area contributed by atoms with E-state index in [-0.39, 0.29) is 0 Å². The summed E-state index contributed by atoms with van der Waals surface area (Å²) in [5, 5.41) is 0. The molecule has 0 N–H and O–H groups in total. The van der Waals surface area contributed by atoms with E-state index >= 15 is 0 Å². The second kappa shape index (κ2) is 7.20. The van der Waals surface area contributed by atoms with E-state index in [0.717, 1.165) is 0 Å². The van der Waals surface area contributed by atoms with Crippen LogP contribution in [0.5, 0.6) is 0 Å². The van der Waals surface area contributed by atoms with E-state index in [1.807, 2.05) is 0 Å². The summed E-state index contributed by atoms with van der Waals surface area (Å²) in [5.74, 6) is 4.91. The van der Waals surface area contributed by atoms with E-state index in [1.165, 1.54) is 29.1 Å². The second-order valence-corrected chi connectivity index (χ2v) is 17.5. The van der Waals surface area contributed by atoms with Crippen LogP contribution >= 0.6 is 31.9 Å². The number of benzene rings is 2. The fourth-order valence-electron chi connectivity index (χ4n) is 2.69. The third kappa shape index (κ3) is 3.97. The van der Waals surface area contributed by atoms with Gasteiger partial charge in [0.25, 0.3) is 0 Å². The number of anilines is 2. The van der Waals surface area contributed by atoms with Crippen LogP contribution in [0, 0.1) is 0 Å². The van der Waals surface area contributed by atoms with E-state index in [9.17, 15) is 0 Å². The van der Waals surface area contributed by atoms with Crippen molar-refractivity contribution in [3.8, 4) is 0 Å². The molecule has 2 nitrogen and oxygen atoms in total. The monoisotopic (exact) mass is 500 g/mol. The van der Waals surface area contributed by atoms with Gasteiger partial charge in [-0.25, -0.2) is 0 Å². The SMILES string of the molecule is CN(C)c1ccc(Br)[c]([Ge]([CH3])([CH3])[c]2cc(N(C)C)ccc2Br)c1. The fraction of sp³-hybridized carbons (Fsp3) is 0.333. The maximum atomic E-state index is 3.79. The van der Waals surface area contributed by atoms with Gasteiger partial charge in [-0.1, -0.05) is 0 Å². The number of hydrogen-bond acceptors (Lipinski definition) is 2. The molecule has 0 aliphatic carbocycles. The van der Waals surface area contributed by atoms with Gasteiger partial charge in [0.15, 0.2) is 0 Å². The number of halogens is 2. The Morgan fingerprint density at radius 3 is 1.35 bits per heavy atom. The molecule has 23 heavy (non-hydrogen) atoms. The molecular weight excluding hydrogens is 477 g/mol. The molecule has 0 radical (unpaired) electrons. The average Bonchev–Trinajstić information content (AvgIpc) is 2.47. The summed E-state index contributed by atoms with van der Waals surface area (Å²) >= 11 is 5.13. The molecule has 0 spiro atoms. The van der Waals surface area contributed by atoms with Crippen molar-refractivity contribution >= 4 is 65.3 Å². The van der Waals surface area contributed by atoms with Gasteiger partial charge >= 0.3 is 160 Å². The van der Waals surface area contributed by atoms with Crippen LogP contribution < -0.4 is 18.6 Å². The van der Waals surface area contributed by atoms with Crippen LogP contribution in [0.1, 0.15) is 0 Å². The summed E-state index contributed by atoms with van der Waals surface area (Å²) in [4.78, 5) is 4.33. The molecule has 2 aromatic rings. The first-order valence-electron chi connectivity index (χ1n) is 7.59. The van der Waals surface area contributed by atoms with Crippen molar-refractivity contribution < 1.29 is 0 Å². The molecule has 0 fully saturated rings. The fourth-order valence-corrected chi connectivity index (χ4v) is 13.9. The Kier molecular flexibility index (Phi) is 5.91. The molecule has 124 valence electrons. The summed E-state index contributed by atoms with van der Waals surface area (Å²) < 4.78 is 5.37. The summed E-state index contributed by atoms with van der Waals surface area (Å²) in [5.41, 5.74) is 2.50. The van der Waals surface area contributed by atoms with Crippen LogP contribution in [-0.4, -0.2) is 41.5 Å². The molecule has 2 rings (SSSR count). The number of nitrogens with zero attached hydrogens (tertiary/aromatic N) is 2. The molecule has 0 saturated carbocycles. The van der Waals surface area contributed by atoms with Crippen LogP contribution in [0.2, 0.25) is 11.5 Å². The van der Waals surface area contributed by atoms with Gasteiger partial charge in [-0.2, -0.15) is 0 Å². The average molecular weight is 501 g/mol. The van der Waals surface area contributed by atoms with E-state index < -0.39 is 13.3 Å². The first kappa shape index (κ1) is 18.9. The zero-order chi connectivity index (χ0) is 17.4. The van der Waals surface area contributed by atoms with E-state index in [4.69, 9.17) is 0 Å². The molecule has 2 aromatic carbocycles. The van der Waals surface area contributed by atoms with Gasteiger partial charge in [0.2, 0.25) is 0 Å². The van der Waals surface area contributed by atoms with Gasteiger partial charge < -0.3 is 0 Å². The van der Waals surface area contributed by atoms with Gasteiger partial charge in [0.05, 0.1) is 0 Å². The zero-order valence-electron chi connectivity index (χ0n) is 14.6. The number of rotatable bonds is 4. The van der Waals surface area contributed by atoms with Crippen molar-refractivity contribution in [1.82, 2.24) is 0 Å². The predicted molar refractivity (Wildman–Crippen MR) is 114 cm³/mol. The van der Waals surface area contributed by atoms with Crippen molar-refractivity contribution in [2.45, 2.75) is 11.5 Å². The Bertz CT molecular complexity index is 653. The molecule has 0 unspecified atom stereocenters. The standard InChI is InChI=1S/C18H24Br2GeN2/c1-21(2,17-11-13(22(3)4)7-9-15(17)19)18-12-14(23(5)6)8-10-16(18)20/h7-12H,1-6H3. The van der Waals surface area contributed by atoms with Gasteiger partial charge in [-0.05, 0) is 0 Å². The Morgan fingerprint density at radius 2 is 1.04 bits per heavy atom. The minimum atomic E-state index is -2.45. The van der Waals surface area contributed by atoms with Crippen molar-refractivity contribution in [2.24, 2.45) is 0 Å². The molecule has 0 amide bonds. The summed E-state index contributed by atoms with van der Waals surface area (Å²) in [6.07, 6.45) is 0. The Labute approximate surface area is 159 Å². The maximum absolute atomic E-state index is 3.79. The summed E-state index contributed by atoms with van der Waals surface area (Å²) in [7, 11) is 8.37. The molecule has 0 aliphatic rings. The minimum absolute atomic E-state index is 1.22. The second-order valence-electron chi connectivity index (χ2n) is 6.74. The molecule has 0 heterocycles. The summed E-state index contributed by atoms with van der Waals surface area (Å²) in [6, 6.07) is 13.4. The third-order valence-corrected chi connectivity index (χ3v) is 14.6. The topological polar surface area (TPSA) is 6.48 Å². The Morgan fingerprint density at radius 1 is 0.696 bits per heavy atom. The molecule has 0 bridgehead atoms. The van der Waals surface area contributed by atoms with Crippen LogP contribution in [0.15, 0.2) is 45.3 Å². The molecule has 0 saturated heterocycles. The predicted octanol–water partition coefficient (Wildman–Crippen LogP) is 4.17. The van der Waals surface area contributed by atoms with Crippen LogP contribution in [0.25, 0.3) is 0 Å². The normalized spacial score (nSPS) is 11.5. The molecule has 5 heteroatoms. The molecule has 0 aromatic heterocycles. The number of hydrogen-bond donors (Lipinski definition) is 0. The first-order valence-corrected chi connectivity index (χ1v) is 15.5. The van der Waals surface area contributed by atoms with Crippen molar-refractivity contribution in [3.63, 3.8) is 0 Å². The van der Waals surface area contributed by atoms with Gasteiger partial charge in [0.1, 0.15) is 0 Å². The van der Waals surface area contributed by atoms with E-state index in [1.54, 1.807) is 0 Å². The van der Waals surface area contributed by atoms with Crippen LogP contribution in [-0.2, 0) is 0 Å². The zero-order valence-corrected chi connectivity index (χ0v) is 19.9. The molecular formula is C18H24Br2GeN2. The molecule has 0 aliphatic heterocycles. The molecule has 0 atom stereocenters. The Balaban J connectivity index is 2.62. The first-order chi connectivity index (χ1) is 10.6. The van der Waals surface area contributed by atoms with Crippen molar-refractivity contribution in [2.75, 3.05) is 38.0 Å². The van der Waals surface area contributed by atoms with Gasteiger partial charge in [-0.15, -0.1) is 0 Å². The quantitative estimate of drug-likeness (QED) is 0.582.